The molecular formula is C15H23Cl2NSiTi. The molecule has 0 fully saturated rings. The van der Waals surface area contributed by atoms with E-state index in [0.717, 1.165) is 6.42 Å². The first kappa shape index (κ1) is 18.5. The van der Waals surface area contributed by atoms with Crippen molar-refractivity contribution in [2.45, 2.75) is 45.8 Å². The van der Waals surface area contributed by atoms with Crippen LogP contribution in [0, 0.1) is 0 Å². The van der Waals surface area contributed by atoms with Crippen LogP contribution in [0.2, 0.25) is 13.1 Å². The van der Waals surface area contributed by atoms with Crippen molar-refractivity contribution in [1.29, 1.82) is 0 Å². The molecule has 5 heteroatoms. The van der Waals surface area contributed by atoms with Gasteiger partial charge in [0.25, 0.3) is 0 Å². The Morgan fingerprint density at radius 3 is 2.20 bits per heavy atom. The Morgan fingerprint density at radius 2 is 1.70 bits per heavy atom. The predicted molar refractivity (Wildman–Crippen MR) is 90.2 cm³/mol. The molecular weight excluding hydrogens is 341 g/mol. The second-order valence-electron chi connectivity index (χ2n) is 6.62. The van der Waals surface area contributed by atoms with E-state index in [1.165, 1.54) is 11.1 Å². The fraction of sp³-hybridized carbons (Fsp3) is 0.467. The molecule has 0 bridgehead atoms. The summed E-state index contributed by atoms with van der Waals surface area (Å²) in [5.74, 6) is 0. The van der Waals surface area contributed by atoms with E-state index in [4.69, 9.17) is 18.6 Å². The van der Waals surface area contributed by atoms with E-state index in [2.05, 4.69) is 69.2 Å². The van der Waals surface area contributed by atoms with E-state index in [1.54, 1.807) is 5.20 Å². The minimum atomic E-state index is -1.49. The van der Waals surface area contributed by atoms with E-state index < -0.39 is 25.3 Å². The summed E-state index contributed by atoms with van der Waals surface area (Å²) in [6, 6.07) is 8.75. The van der Waals surface area contributed by atoms with Crippen molar-refractivity contribution in [2.75, 3.05) is 0 Å². The summed E-state index contributed by atoms with van der Waals surface area (Å²) in [5, 5.41) is 1.62. The maximum atomic E-state index is 4.89. The molecule has 0 spiro atoms. The molecule has 0 radical (unpaired) electrons. The van der Waals surface area contributed by atoms with Gasteiger partial charge in [0.2, 0.25) is 0 Å². The number of allylic oxidation sites excluding steroid dienone is 1. The van der Waals surface area contributed by atoms with Crippen molar-refractivity contribution < 1.29 is 17.0 Å². The fourth-order valence-electron chi connectivity index (χ4n) is 2.70. The number of fused-ring (bicyclic) bond motifs is 1. The average molecular weight is 364 g/mol. The van der Waals surface area contributed by atoms with E-state index in [-0.39, 0.29) is 5.54 Å². The van der Waals surface area contributed by atoms with Crippen LogP contribution in [0.25, 0.3) is 6.08 Å². The van der Waals surface area contributed by atoms with Gasteiger partial charge in [-0.15, -0.1) is 0 Å². The molecule has 1 aromatic carbocycles. The van der Waals surface area contributed by atoms with E-state index in [0.29, 0.717) is 0 Å². The summed E-state index contributed by atoms with van der Waals surface area (Å²) in [7, 11) is 8.29. The van der Waals surface area contributed by atoms with Crippen LogP contribution < -0.4 is 4.98 Å². The van der Waals surface area contributed by atoms with Crippen molar-refractivity contribution in [2.24, 2.45) is 0 Å². The van der Waals surface area contributed by atoms with Crippen molar-refractivity contribution >= 4 is 32.9 Å². The standard InChI is InChI=1S/C15H23NSi.2ClH.Ti/c1-15(2,3)16-17(4,5)14-10-12-8-6-7-9-13(12)11-14;;;/h6-10,16H,11H2,1-5H3;2*1H;/q;;;+2/p-2. The van der Waals surface area contributed by atoms with Crippen LogP contribution in [-0.4, -0.2) is 13.8 Å². The van der Waals surface area contributed by atoms with Gasteiger partial charge in [0.15, 0.2) is 0 Å². The van der Waals surface area contributed by atoms with Gasteiger partial charge in [-0.25, -0.2) is 0 Å². The van der Waals surface area contributed by atoms with E-state index >= 15 is 0 Å². The second kappa shape index (κ2) is 7.62. The van der Waals surface area contributed by atoms with Gasteiger partial charge in [0.1, 0.15) is 8.24 Å². The zero-order valence-electron chi connectivity index (χ0n) is 12.8. The molecule has 0 unspecified atom stereocenters. The molecule has 110 valence electrons. The topological polar surface area (TPSA) is 12.0 Å². The van der Waals surface area contributed by atoms with E-state index in [9.17, 15) is 0 Å². The molecule has 1 aliphatic carbocycles. The molecule has 0 saturated carbocycles. The third-order valence-corrected chi connectivity index (χ3v) is 6.56. The van der Waals surface area contributed by atoms with Gasteiger partial charge >= 0.3 is 35.6 Å². The van der Waals surface area contributed by atoms with Gasteiger partial charge in [-0.3, -0.25) is 0 Å². The van der Waals surface area contributed by atoms with Crippen LogP contribution >= 0.6 is 18.6 Å². The van der Waals surface area contributed by atoms with Crippen LogP contribution in [0.3, 0.4) is 0 Å². The summed E-state index contributed by atoms with van der Waals surface area (Å²) < 4.78 is 0. The van der Waals surface area contributed by atoms with Crippen molar-refractivity contribution in [3.8, 4) is 0 Å². The molecule has 0 amide bonds. The number of benzene rings is 1. The molecule has 0 aromatic heterocycles. The Hall–Kier alpha value is 0.431. The van der Waals surface area contributed by atoms with Gasteiger partial charge in [0.05, 0.1) is 0 Å². The maximum absolute atomic E-state index is 4.89. The Morgan fingerprint density at radius 1 is 1.15 bits per heavy atom. The summed E-state index contributed by atoms with van der Waals surface area (Å²) in [4.78, 5) is 3.84. The number of hydrogen-bond acceptors (Lipinski definition) is 1. The third-order valence-electron chi connectivity index (χ3n) is 3.26. The summed E-state index contributed by atoms with van der Waals surface area (Å²) in [5.41, 5.74) is 3.10. The quantitative estimate of drug-likeness (QED) is 0.717. The van der Waals surface area contributed by atoms with Crippen molar-refractivity contribution in [3.63, 3.8) is 0 Å². The molecule has 20 heavy (non-hydrogen) atoms. The van der Waals surface area contributed by atoms with Crippen LogP contribution in [0.5, 0.6) is 0 Å². The second-order valence-corrected chi connectivity index (χ2v) is 13.3. The molecule has 1 aromatic rings. The Balaban J connectivity index is 0.000000612. The van der Waals surface area contributed by atoms with Gasteiger partial charge in [-0.2, -0.15) is 0 Å². The SMILES string of the molecule is CC(C)(C)N[Si](C)(C)C1=Cc2ccccc2C1.[Cl][Ti][Cl]. The summed E-state index contributed by atoms with van der Waals surface area (Å²) in [6.45, 7) is 11.6. The average Bonchev–Trinajstić information content (AvgIpc) is 2.71. The zero-order valence-corrected chi connectivity index (χ0v) is 16.9. The molecule has 0 heterocycles. The molecule has 0 saturated heterocycles. The predicted octanol–water partition coefficient (Wildman–Crippen LogP) is 5.14. The molecule has 0 aliphatic heterocycles. The summed E-state index contributed by atoms with van der Waals surface area (Å²) in [6.07, 6.45) is 3.54. The molecule has 1 aliphatic rings. The van der Waals surface area contributed by atoms with Crippen LogP contribution in [0.1, 0.15) is 31.9 Å². The van der Waals surface area contributed by atoms with Crippen LogP contribution in [-0.2, 0) is 23.5 Å². The monoisotopic (exact) mass is 363 g/mol. The first-order chi connectivity index (χ1) is 9.19. The van der Waals surface area contributed by atoms with Crippen LogP contribution in [0.15, 0.2) is 29.5 Å². The number of rotatable bonds is 2. The molecule has 2 rings (SSSR count). The molecule has 0 atom stereocenters. The molecule has 1 N–H and O–H groups in total. The fourth-order valence-corrected chi connectivity index (χ4v) is 5.88. The normalized spacial score (nSPS) is 14.1. The molecule has 1 nitrogen and oxygen atoms in total. The third kappa shape index (κ3) is 5.67. The number of hydrogen-bond donors (Lipinski definition) is 1. The Bertz CT molecular complexity index is 481. The minimum absolute atomic E-state index is 0.200. The van der Waals surface area contributed by atoms with Gasteiger partial charge in [0, 0.05) is 5.54 Å². The Labute approximate surface area is 140 Å². The van der Waals surface area contributed by atoms with Crippen molar-refractivity contribution in [1.82, 2.24) is 4.98 Å². The van der Waals surface area contributed by atoms with Crippen molar-refractivity contribution in [3.05, 3.63) is 40.6 Å². The zero-order chi connectivity index (χ0) is 15.4. The van der Waals surface area contributed by atoms with Gasteiger partial charge in [-0.05, 0) is 38.3 Å². The van der Waals surface area contributed by atoms with Crippen LogP contribution in [0.4, 0.5) is 0 Å². The van der Waals surface area contributed by atoms with Gasteiger partial charge < -0.3 is 4.98 Å². The number of halogens is 2. The van der Waals surface area contributed by atoms with E-state index in [1.807, 2.05) is 0 Å². The number of nitrogens with one attached hydrogen (secondary N) is 1. The Kier molecular flexibility index (Phi) is 7.04. The first-order valence-electron chi connectivity index (χ1n) is 6.74. The summed E-state index contributed by atoms with van der Waals surface area (Å²) >= 11 is -0.556. The van der Waals surface area contributed by atoms with Gasteiger partial charge in [-0.1, -0.05) is 48.6 Å². The first-order valence-corrected chi connectivity index (χ1v) is 14.0.